The van der Waals surface area contributed by atoms with Crippen LogP contribution in [0.1, 0.15) is 0 Å². The van der Waals surface area contributed by atoms with Crippen LogP contribution in [0.4, 0.5) is 11.5 Å². The lowest BCUT2D eigenvalue weighted by Crippen LogP contribution is -2.32. The van der Waals surface area contributed by atoms with Crippen molar-refractivity contribution in [1.82, 2.24) is 9.55 Å². The molecule has 0 spiro atoms. The van der Waals surface area contributed by atoms with Gasteiger partial charge < -0.3 is 5.32 Å². The number of halogens is 1. The zero-order valence-corrected chi connectivity index (χ0v) is 11.2. The molecule has 0 aliphatic heterocycles. The topological polar surface area (TPSA) is 66.9 Å². The first-order valence-corrected chi connectivity index (χ1v) is 5.97. The maximum atomic E-state index is 11.4. The molecule has 0 aliphatic carbocycles. The van der Waals surface area contributed by atoms with Crippen molar-refractivity contribution in [3.8, 4) is 0 Å². The molecule has 2 aromatic rings. The molecule has 1 aromatic carbocycles. The molecule has 0 bridgehead atoms. The van der Waals surface area contributed by atoms with Crippen molar-refractivity contribution in [1.29, 1.82) is 0 Å². The zero-order chi connectivity index (χ0) is 12.4. The summed E-state index contributed by atoms with van der Waals surface area (Å²) in [7, 11) is 1.43. The monoisotopic (exact) mass is 343 g/mol. The molecule has 0 saturated heterocycles. The van der Waals surface area contributed by atoms with E-state index in [2.05, 4.69) is 32.9 Å². The van der Waals surface area contributed by atoms with Crippen LogP contribution in [0.25, 0.3) is 0 Å². The number of aromatic nitrogens is 2. The molecular formula is C11H10IN3O2. The molecule has 1 heterocycles. The number of H-pyrrole nitrogens is 1. The molecule has 17 heavy (non-hydrogen) atoms. The highest BCUT2D eigenvalue weighted by Gasteiger charge is 2.00. The molecule has 0 fully saturated rings. The fourth-order valence-corrected chi connectivity index (χ4v) is 1.67. The number of rotatable bonds is 2. The second-order valence-electron chi connectivity index (χ2n) is 3.52. The molecule has 0 aliphatic rings. The number of aromatic amines is 1. The van der Waals surface area contributed by atoms with E-state index in [1.807, 2.05) is 24.3 Å². The molecule has 0 amide bonds. The van der Waals surface area contributed by atoms with Gasteiger partial charge in [0.25, 0.3) is 5.56 Å². The van der Waals surface area contributed by atoms with Gasteiger partial charge in [-0.3, -0.25) is 14.3 Å². The Morgan fingerprint density at radius 2 is 1.88 bits per heavy atom. The van der Waals surface area contributed by atoms with Gasteiger partial charge in [0.1, 0.15) is 5.82 Å². The third kappa shape index (κ3) is 2.76. The molecule has 88 valence electrons. The summed E-state index contributed by atoms with van der Waals surface area (Å²) in [6.07, 6.45) is 0. The first-order chi connectivity index (χ1) is 8.06. The van der Waals surface area contributed by atoms with Crippen LogP contribution in [0.5, 0.6) is 0 Å². The van der Waals surface area contributed by atoms with Crippen LogP contribution in [-0.4, -0.2) is 9.55 Å². The Kier molecular flexibility index (Phi) is 3.32. The van der Waals surface area contributed by atoms with Crippen molar-refractivity contribution in [3.05, 3.63) is 54.7 Å². The molecule has 0 radical (unpaired) electrons. The van der Waals surface area contributed by atoms with Crippen LogP contribution in [-0.2, 0) is 7.05 Å². The summed E-state index contributed by atoms with van der Waals surface area (Å²) in [5.41, 5.74) is 0.0293. The second kappa shape index (κ2) is 4.74. The molecule has 1 aromatic heterocycles. The molecule has 0 saturated carbocycles. The largest absolute Gasteiger partial charge is 0.342 e. The van der Waals surface area contributed by atoms with E-state index < -0.39 is 5.69 Å². The van der Waals surface area contributed by atoms with Crippen LogP contribution < -0.4 is 16.6 Å². The zero-order valence-electron chi connectivity index (χ0n) is 9.03. The van der Waals surface area contributed by atoms with Gasteiger partial charge in [0.05, 0.1) is 0 Å². The Labute approximate surface area is 111 Å². The van der Waals surface area contributed by atoms with Crippen molar-refractivity contribution in [3.63, 3.8) is 0 Å². The van der Waals surface area contributed by atoms with E-state index in [0.717, 1.165) is 13.8 Å². The van der Waals surface area contributed by atoms with Gasteiger partial charge in [0.15, 0.2) is 0 Å². The van der Waals surface area contributed by atoms with Gasteiger partial charge in [-0.25, -0.2) is 4.79 Å². The van der Waals surface area contributed by atoms with Crippen LogP contribution in [0.15, 0.2) is 39.9 Å². The Bertz CT molecular complexity index is 612. The minimum atomic E-state index is -0.439. The van der Waals surface area contributed by atoms with Crippen molar-refractivity contribution in [2.75, 3.05) is 5.32 Å². The fraction of sp³-hybridized carbons (Fsp3) is 0.0909. The van der Waals surface area contributed by atoms with Crippen molar-refractivity contribution < 1.29 is 0 Å². The Hall–Kier alpha value is -1.57. The highest BCUT2D eigenvalue weighted by molar-refractivity contribution is 14.1. The number of nitrogens with one attached hydrogen (secondary N) is 2. The Morgan fingerprint density at radius 1 is 1.24 bits per heavy atom. The van der Waals surface area contributed by atoms with Crippen molar-refractivity contribution in [2.24, 2.45) is 7.05 Å². The smallest absolute Gasteiger partial charge is 0.329 e. The standard InChI is InChI=1S/C11H10IN3O2/c1-15-10(16)6-9(14-11(15)17)13-8-4-2-7(12)3-5-8/h2-6,13H,1H3,(H,14,17). The maximum absolute atomic E-state index is 11.4. The lowest BCUT2D eigenvalue weighted by atomic mass is 10.3. The fourth-order valence-electron chi connectivity index (χ4n) is 1.31. The summed E-state index contributed by atoms with van der Waals surface area (Å²) < 4.78 is 2.13. The first kappa shape index (κ1) is 11.9. The van der Waals surface area contributed by atoms with Gasteiger partial charge in [-0.2, -0.15) is 0 Å². The molecule has 2 N–H and O–H groups in total. The van der Waals surface area contributed by atoms with E-state index in [-0.39, 0.29) is 5.56 Å². The quantitative estimate of drug-likeness (QED) is 0.811. The summed E-state index contributed by atoms with van der Waals surface area (Å²) >= 11 is 2.20. The van der Waals surface area contributed by atoms with Gasteiger partial charge >= 0.3 is 5.69 Å². The van der Waals surface area contributed by atoms with Crippen LogP contribution in [0.2, 0.25) is 0 Å². The molecular weight excluding hydrogens is 333 g/mol. The van der Waals surface area contributed by atoms with E-state index in [0.29, 0.717) is 5.82 Å². The van der Waals surface area contributed by atoms with Crippen molar-refractivity contribution in [2.45, 2.75) is 0 Å². The lowest BCUT2D eigenvalue weighted by Gasteiger charge is -2.06. The highest BCUT2D eigenvalue weighted by atomic mass is 127. The third-order valence-electron chi connectivity index (χ3n) is 2.27. The normalized spacial score (nSPS) is 10.2. The maximum Gasteiger partial charge on any atom is 0.329 e. The second-order valence-corrected chi connectivity index (χ2v) is 4.76. The summed E-state index contributed by atoms with van der Waals surface area (Å²) in [6.45, 7) is 0. The molecule has 0 atom stereocenters. The van der Waals surface area contributed by atoms with E-state index in [1.54, 1.807) is 0 Å². The Balaban J connectivity index is 2.34. The minimum absolute atomic E-state index is 0.346. The van der Waals surface area contributed by atoms with E-state index >= 15 is 0 Å². The number of nitrogens with zero attached hydrogens (tertiary/aromatic N) is 1. The van der Waals surface area contributed by atoms with Crippen LogP contribution in [0.3, 0.4) is 0 Å². The molecule has 5 nitrogen and oxygen atoms in total. The van der Waals surface area contributed by atoms with Crippen LogP contribution >= 0.6 is 22.6 Å². The summed E-state index contributed by atoms with van der Waals surface area (Å²) in [5, 5.41) is 2.97. The molecule has 0 unspecified atom stereocenters. The van der Waals surface area contributed by atoms with E-state index in [9.17, 15) is 9.59 Å². The lowest BCUT2D eigenvalue weighted by molar-refractivity contribution is 0.778. The van der Waals surface area contributed by atoms with E-state index in [1.165, 1.54) is 13.1 Å². The summed E-state index contributed by atoms with van der Waals surface area (Å²) in [6, 6.07) is 8.96. The summed E-state index contributed by atoms with van der Waals surface area (Å²) in [4.78, 5) is 25.4. The average molecular weight is 343 g/mol. The van der Waals surface area contributed by atoms with Crippen LogP contribution in [0, 0.1) is 3.57 Å². The van der Waals surface area contributed by atoms with E-state index in [4.69, 9.17) is 0 Å². The van der Waals surface area contributed by atoms with Crippen molar-refractivity contribution >= 4 is 34.1 Å². The predicted molar refractivity (Wildman–Crippen MR) is 74.7 cm³/mol. The number of benzene rings is 1. The molecule has 6 heteroatoms. The number of hydrogen-bond donors (Lipinski definition) is 2. The first-order valence-electron chi connectivity index (χ1n) is 4.89. The van der Waals surface area contributed by atoms with Gasteiger partial charge in [0, 0.05) is 22.4 Å². The van der Waals surface area contributed by atoms with Gasteiger partial charge in [-0.05, 0) is 46.9 Å². The number of hydrogen-bond acceptors (Lipinski definition) is 3. The van der Waals surface area contributed by atoms with Gasteiger partial charge in [-0.15, -0.1) is 0 Å². The van der Waals surface area contributed by atoms with Gasteiger partial charge in [-0.1, -0.05) is 0 Å². The molecule has 2 rings (SSSR count). The third-order valence-corrected chi connectivity index (χ3v) is 2.99. The minimum Gasteiger partial charge on any atom is -0.342 e. The van der Waals surface area contributed by atoms with Gasteiger partial charge in [0.2, 0.25) is 0 Å². The highest BCUT2D eigenvalue weighted by Crippen LogP contribution is 2.14. The Morgan fingerprint density at radius 3 is 2.47 bits per heavy atom. The predicted octanol–water partition coefficient (Wildman–Crippen LogP) is 1.42. The number of anilines is 2. The SMILES string of the molecule is Cn1c(=O)cc(Nc2ccc(I)cc2)[nH]c1=O. The average Bonchev–Trinajstić information content (AvgIpc) is 2.29. The summed E-state index contributed by atoms with van der Waals surface area (Å²) in [5.74, 6) is 0.388.